The Morgan fingerprint density at radius 3 is 2.18 bits per heavy atom. The van der Waals surface area contributed by atoms with Gasteiger partial charge in [0.15, 0.2) is 0 Å². The van der Waals surface area contributed by atoms with E-state index in [0.717, 1.165) is 48.0 Å². The minimum atomic E-state index is -0.346. The molecule has 4 aromatic carbocycles. The third-order valence-electron chi connectivity index (χ3n) is 6.64. The second-order valence-corrected chi connectivity index (χ2v) is 10.1. The molecular weight excluding hydrogens is 492 g/mol. The zero-order valence-corrected chi connectivity index (χ0v) is 22.6. The van der Waals surface area contributed by atoms with Crippen LogP contribution in [0.3, 0.4) is 0 Å². The highest BCUT2D eigenvalue weighted by Gasteiger charge is 2.19. The van der Waals surface area contributed by atoms with Crippen molar-refractivity contribution in [3.63, 3.8) is 0 Å². The van der Waals surface area contributed by atoms with Crippen molar-refractivity contribution in [2.45, 2.75) is 32.2 Å². The van der Waals surface area contributed by atoms with Crippen molar-refractivity contribution in [1.82, 2.24) is 4.90 Å². The molecule has 4 rings (SSSR count). The lowest BCUT2D eigenvalue weighted by atomic mass is 9.90. The SMILES string of the molecule is Cc1cc(CN(CCCOc2cccc(CC(N)=O)c2)CC(c2ccccc2)c2ccccc2)ccc1Cl. The fourth-order valence-corrected chi connectivity index (χ4v) is 4.87. The van der Waals surface area contributed by atoms with Gasteiger partial charge in [0.1, 0.15) is 5.75 Å². The predicted molar refractivity (Wildman–Crippen MR) is 156 cm³/mol. The molecule has 0 aliphatic rings. The topological polar surface area (TPSA) is 55.6 Å². The summed E-state index contributed by atoms with van der Waals surface area (Å²) in [7, 11) is 0. The van der Waals surface area contributed by atoms with E-state index < -0.39 is 0 Å². The number of aryl methyl sites for hydroxylation is 1. The Morgan fingerprint density at radius 2 is 1.55 bits per heavy atom. The molecule has 38 heavy (non-hydrogen) atoms. The lowest BCUT2D eigenvalue weighted by Gasteiger charge is -2.29. The normalized spacial score (nSPS) is 11.2. The Kier molecular flexibility index (Phi) is 9.97. The van der Waals surface area contributed by atoms with Gasteiger partial charge < -0.3 is 10.5 Å². The molecule has 0 unspecified atom stereocenters. The highest BCUT2D eigenvalue weighted by Crippen LogP contribution is 2.27. The Morgan fingerprint density at radius 1 is 0.868 bits per heavy atom. The van der Waals surface area contributed by atoms with Crippen molar-refractivity contribution >= 4 is 17.5 Å². The van der Waals surface area contributed by atoms with Crippen LogP contribution < -0.4 is 10.5 Å². The van der Waals surface area contributed by atoms with Gasteiger partial charge in [0, 0.05) is 30.6 Å². The Balaban J connectivity index is 1.48. The number of amides is 1. The first kappa shape index (κ1) is 27.4. The molecule has 0 heterocycles. The van der Waals surface area contributed by atoms with Gasteiger partial charge in [0.25, 0.3) is 0 Å². The summed E-state index contributed by atoms with van der Waals surface area (Å²) in [4.78, 5) is 13.8. The first-order valence-electron chi connectivity index (χ1n) is 13.1. The number of hydrogen-bond acceptors (Lipinski definition) is 3. The molecule has 4 nitrogen and oxygen atoms in total. The summed E-state index contributed by atoms with van der Waals surface area (Å²) >= 11 is 6.31. The minimum absolute atomic E-state index is 0.214. The second kappa shape index (κ2) is 13.8. The molecule has 0 fully saturated rings. The minimum Gasteiger partial charge on any atom is -0.494 e. The summed E-state index contributed by atoms with van der Waals surface area (Å²) in [5, 5.41) is 0.790. The van der Waals surface area contributed by atoms with Crippen molar-refractivity contribution < 1.29 is 9.53 Å². The molecule has 0 radical (unpaired) electrons. The Bertz CT molecular complexity index is 1270. The number of hydrogen-bond donors (Lipinski definition) is 1. The Hall–Kier alpha value is -3.60. The maximum Gasteiger partial charge on any atom is 0.221 e. The lowest BCUT2D eigenvalue weighted by molar-refractivity contribution is -0.117. The van der Waals surface area contributed by atoms with Gasteiger partial charge in [-0.2, -0.15) is 0 Å². The van der Waals surface area contributed by atoms with E-state index in [1.54, 1.807) is 0 Å². The number of carbonyl (C=O) groups is 1. The number of nitrogens with zero attached hydrogens (tertiary/aromatic N) is 1. The number of primary amides is 1. The summed E-state index contributed by atoms with van der Waals surface area (Å²) in [5.41, 5.74) is 11.1. The molecule has 0 bridgehead atoms. The van der Waals surface area contributed by atoms with E-state index in [4.69, 9.17) is 22.1 Å². The molecule has 0 spiro atoms. The van der Waals surface area contributed by atoms with Crippen LogP contribution in [-0.2, 0) is 17.8 Å². The van der Waals surface area contributed by atoms with Crippen LogP contribution in [-0.4, -0.2) is 30.5 Å². The average molecular weight is 527 g/mol. The van der Waals surface area contributed by atoms with Crippen molar-refractivity contribution in [3.05, 3.63) is 136 Å². The van der Waals surface area contributed by atoms with E-state index in [9.17, 15) is 4.79 Å². The fourth-order valence-electron chi connectivity index (χ4n) is 4.75. The molecule has 5 heteroatoms. The van der Waals surface area contributed by atoms with E-state index in [1.807, 2.05) is 37.3 Å². The van der Waals surface area contributed by atoms with E-state index in [-0.39, 0.29) is 18.2 Å². The smallest absolute Gasteiger partial charge is 0.221 e. The van der Waals surface area contributed by atoms with Gasteiger partial charge in [0.2, 0.25) is 5.91 Å². The second-order valence-electron chi connectivity index (χ2n) is 9.69. The van der Waals surface area contributed by atoms with Gasteiger partial charge in [-0.3, -0.25) is 9.69 Å². The van der Waals surface area contributed by atoms with Crippen LogP contribution in [0.5, 0.6) is 5.75 Å². The highest BCUT2D eigenvalue weighted by molar-refractivity contribution is 6.31. The number of carbonyl (C=O) groups excluding carboxylic acids is 1. The molecule has 4 aromatic rings. The van der Waals surface area contributed by atoms with Gasteiger partial charge in [-0.15, -0.1) is 0 Å². The van der Waals surface area contributed by atoms with E-state index in [2.05, 4.69) is 77.7 Å². The largest absolute Gasteiger partial charge is 0.494 e. The maximum atomic E-state index is 11.3. The molecule has 0 aliphatic carbocycles. The fraction of sp³-hybridized carbons (Fsp3) is 0.242. The van der Waals surface area contributed by atoms with E-state index in [1.165, 1.54) is 16.7 Å². The van der Waals surface area contributed by atoms with Gasteiger partial charge in [-0.25, -0.2) is 0 Å². The van der Waals surface area contributed by atoms with Crippen LogP contribution >= 0.6 is 11.6 Å². The zero-order valence-electron chi connectivity index (χ0n) is 21.9. The monoisotopic (exact) mass is 526 g/mol. The number of rotatable bonds is 13. The lowest BCUT2D eigenvalue weighted by Crippen LogP contribution is -2.30. The molecular formula is C33H35ClN2O2. The summed E-state index contributed by atoms with van der Waals surface area (Å²) in [6.07, 6.45) is 1.08. The molecule has 2 N–H and O–H groups in total. The van der Waals surface area contributed by atoms with Gasteiger partial charge in [-0.05, 0) is 59.4 Å². The van der Waals surface area contributed by atoms with Crippen LogP contribution in [0, 0.1) is 6.92 Å². The van der Waals surface area contributed by atoms with Crippen LogP contribution in [0.25, 0.3) is 0 Å². The third kappa shape index (κ3) is 8.20. The number of benzene rings is 4. The van der Waals surface area contributed by atoms with Crippen molar-refractivity contribution in [2.24, 2.45) is 5.73 Å². The van der Waals surface area contributed by atoms with Crippen LogP contribution in [0.4, 0.5) is 0 Å². The number of nitrogens with two attached hydrogens (primary N) is 1. The van der Waals surface area contributed by atoms with Gasteiger partial charge >= 0.3 is 0 Å². The standard InChI is InChI=1S/C33H35ClN2O2/c1-25-20-27(16-17-32(25)34)23-36(18-9-19-38-30-15-8-10-26(21-30)22-33(35)37)24-31(28-11-4-2-5-12-28)29-13-6-3-7-14-29/h2-8,10-17,20-21,31H,9,18-19,22-24H2,1H3,(H2,35,37). The molecule has 0 saturated heterocycles. The van der Waals surface area contributed by atoms with Crippen molar-refractivity contribution in [2.75, 3.05) is 19.7 Å². The quantitative estimate of drug-likeness (QED) is 0.195. The Labute approximate surface area is 231 Å². The van der Waals surface area contributed by atoms with Gasteiger partial charge in [0.05, 0.1) is 13.0 Å². The van der Waals surface area contributed by atoms with Crippen LogP contribution in [0.15, 0.2) is 103 Å². The third-order valence-corrected chi connectivity index (χ3v) is 7.06. The van der Waals surface area contributed by atoms with Crippen LogP contribution in [0.2, 0.25) is 5.02 Å². The summed E-state index contributed by atoms with van der Waals surface area (Å²) < 4.78 is 6.04. The molecule has 1 amide bonds. The predicted octanol–water partition coefficient (Wildman–Crippen LogP) is 6.78. The van der Waals surface area contributed by atoms with E-state index >= 15 is 0 Å². The van der Waals surface area contributed by atoms with Crippen molar-refractivity contribution in [1.29, 1.82) is 0 Å². The number of halogens is 1. The molecule has 0 aliphatic heterocycles. The van der Waals surface area contributed by atoms with Gasteiger partial charge in [-0.1, -0.05) is 96.5 Å². The maximum absolute atomic E-state index is 11.3. The molecule has 0 saturated carbocycles. The van der Waals surface area contributed by atoms with E-state index in [0.29, 0.717) is 6.61 Å². The molecule has 0 aromatic heterocycles. The highest BCUT2D eigenvalue weighted by atomic mass is 35.5. The average Bonchev–Trinajstić information content (AvgIpc) is 2.92. The summed E-state index contributed by atoms with van der Waals surface area (Å²) in [5.74, 6) is 0.661. The zero-order chi connectivity index (χ0) is 26.7. The van der Waals surface area contributed by atoms with Crippen molar-refractivity contribution in [3.8, 4) is 5.75 Å². The first-order chi connectivity index (χ1) is 18.5. The first-order valence-corrected chi connectivity index (χ1v) is 13.4. The summed E-state index contributed by atoms with van der Waals surface area (Å²) in [6, 6.07) is 35.3. The van der Waals surface area contributed by atoms with Crippen LogP contribution in [0.1, 0.15) is 40.2 Å². The molecule has 0 atom stereocenters. The summed E-state index contributed by atoms with van der Waals surface area (Å²) in [6.45, 7) is 5.20. The number of ether oxygens (including phenoxy) is 1. The molecule has 196 valence electrons.